The molecular formula is C56H61Cl2F5N10O9S2. The van der Waals surface area contributed by atoms with Crippen LogP contribution in [0.25, 0.3) is 5.65 Å². The molecule has 2 amide bonds. The number of nitro groups is 1. The molecular weight excluding hydrogens is 1190 g/mol. The van der Waals surface area contributed by atoms with Gasteiger partial charge < -0.3 is 14.6 Å². The molecule has 0 saturated carbocycles. The topological polar surface area (TPSA) is 256 Å². The van der Waals surface area contributed by atoms with E-state index in [1.165, 1.54) is 74.9 Å². The Morgan fingerprint density at radius 1 is 0.857 bits per heavy atom. The number of hydrogen-bond donors (Lipinski definition) is 5. The minimum Gasteiger partial charge on any atom is -0.508 e. The number of halogens is 7. The van der Waals surface area contributed by atoms with Gasteiger partial charge in [-0.2, -0.15) is 0 Å². The van der Waals surface area contributed by atoms with Crippen LogP contribution in [-0.4, -0.2) is 66.7 Å². The lowest BCUT2D eigenvalue weighted by Gasteiger charge is -2.18. The number of benzene rings is 5. The summed E-state index contributed by atoms with van der Waals surface area (Å²) in [6.45, 7) is 10.3. The lowest BCUT2D eigenvalue weighted by atomic mass is 10.1. The first-order valence-corrected chi connectivity index (χ1v) is 29.8. The maximum atomic E-state index is 13.9. The number of phenols is 1. The first-order valence-electron chi connectivity index (χ1n) is 26.5. The molecule has 3 heterocycles. The highest BCUT2D eigenvalue weighted by Gasteiger charge is 2.36. The number of aromatic hydroxyl groups is 1. The van der Waals surface area contributed by atoms with E-state index in [1.54, 1.807) is 37.3 Å². The summed E-state index contributed by atoms with van der Waals surface area (Å²) >= 11 is 10.2. The molecule has 8 rings (SSSR count). The zero-order chi connectivity index (χ0) is 61.4. The van der Waals surface area contributed by atoms with Crippen molar-refractivity contribution < 1.29 is 58.4 Å². The Kier molecular flexibility index (Phi) is 23.7. The van der Waals surface area contributed by atoms with E-state index in [4.69, 9.17) is 27.4 Å². The fourth-order valence-corrected chi connectivity index (χ4v) is 10.4. The van der Waals surface area contributed by atoms with E-state index in [-0.39, 0.29) is 56.6 Å². The molecule has 1 aliphatic rings. The largest absolute Gasteiger partial charge is 0.508 e. The average Bonchev–Trinajstić information content (AvgIpc) is 2.23. The zero-order valence-corrected chi connectivity index (χ0v) is 49.4. The zero-order valence-electron chi connectivity index (χ0n) is 46.2. The molecule has 5 aromatic carbocycles. The predicted octanol–water partition coefficient (Wildman–Crippen LogP) is 13.2. The fourth-order valence-electron chi connectivity index (χ4n) is 8.23. The number of nitrogens with one attached hydrogen (secondary N) is 4. The number of amides is 2. The number of phenolic OH excluding ortho intramolecular Hbond substituents is 1. The summed E-state index contributed by atoms with van der Waals surface area (Å²) in [7, 11) is -3.94. The van der Waals surface area contributed by atoms with E-state index in [0.29, 0.717) is 33.5 Å². The third-order valence-corrected chi connectivity index (χ3v) is 15.9. The standard InChI is InChI=1S/C32H41N3O8S2.C16H9ClF5N3O.C8H11ClN4/c1-2-3-4-5-6-7-8-9-10-11-22-33-45(41,42)29-20-21-31(35(38)39)30(24-29)34-32(37)23-25-12-16-27(17-13-25)43-44(40)28-18-14-26(36)15-19-28;1-6-2-3-7(17)8(4-6)23-9-5-10(26)25(24-9)16-14(21)12(19)11(18)13(20)15(16)22;1-4(2)7-10-11-8-6(9)5(3)12-13(7)8/h12-21,24,33,36H,2-11,22-23H2,1H3,(H,34,37);2-4H,5H2,1H3,(H,23,24);4,12H,1-3H3. The lowest BCUT2D eigenvalue weighted by molar-refractivity contribution is -0.384. The van der Waals surface area contributed by atoms with Crippen molar-refractivity contribution in [2.45, 2.75) is 127 Å². The monoisotopic (exact) mass is 1250 g/mol. The van der Waals surface area contributed by atoms with Crippen molar-refractivity contribution in [1.82, 2.24) is 30.0 Å². The maximum absolute atomic E-state index is 13.9. The number of aromatic nitrogens is 4. The number of amidine groups is 1. The van der Waals surface area contributed by atoms with Crippen molar-refractivity contribution in [3.05, 3.63) is 157 Å². The van der Waals surface area contributed by atoms with Crippen LogP contribution in [0, 0.1) is 53.0 Å². The van der Waals surface area contributed by atoms with Gasteiger partial charge in [0.15, 0.2) is 34.7 Å². The second-order valence-corrected chi connectivity index (χ2v) is 23.2. The van der Waals surface area contributed by atoms with Crippen LogP contribution in [0.3, 0.4) is 0 Å². The quantitative estimate of drug-likeness (QED) is 0.0100. The highest BCUT2D eigenvalue weighted by molar-refractivity contribution is 7.89. The van der Waals surface area contributed by atoms with Crippen LogP contribution in [0.5, 0.6) is 11.5 Å². The van der Waals surface area contributed by atoms with Crippen molar-refractivity contribution in [1.29, 1.82) is 0 Å². The van der Waals surface area contributed by atoms with Crippen LogP contribution in [-0.2, 0) is 37.1 Å². The Morgan fingerprint density at radius 2 is 1.46 bits per heavy atom. The van der Waals surface area contributed by atoms with Crippen LogP contribution in [0.2, 0.25) is 10.0 Å². The van der Waals surface area contributed by atoms with Crippen molar-refractivity contribution in [3.8, 4) is 11.5 Å². The molecule has 84 heavy (non-hydrogen) atoms. The van der Waals surface area contributed by atoms with Gasteiger partial charge in [0, 0.05) is 18.5 Å². The second-order valence-electron chi connectivity index (χ2n) is 19.6. The number of H-pyrrole nitrogens is 1. The third-order valence-electron chi connectivity index (χ3n) is 12.6. The number of aryl methyl sites for hydroxylation is 2. The van der Waals surface area contributed by atoms with Gasteiger partial charge in [0.1, 0.15) is 33.7 Å². The number of nitrogens with zero attached hydrogens (tertiary/aromatic N) is 6. The van der Waals surface area contributed by atoms with Crippen molar-refractivity contribution >= 4 is 90.4 Å². The molecule has 0 spiro atoms. The number of unbranched alkanes of at least 4 members (excludes halogenated alkanes) is 9. The van der Waals surface area contributed by atoms with E-state index in [9.17, 15) is 59.4 Å². The number of anilines is 2. The van der Waals surface area contributed by atoms with Gasteiger partial charge in [-0.15, -0.1) is 10.2 Å². The van der Waals surface area contributed by atoms with Gasteiger partial charge >= 0.3 is 0 Å². The van der Waals surface area contributed by atoms with Crippen LogP contribution in [0.1, 0.15) is 120 Å². The van der Waals surface area contributed by atoms with Crippen molar-refractivity contribution in [2.24, 2.45) is 4.99 Å². The van der Waals surface area contributed by atoms with Gasteiger partial charge in [-0.25, -0.2) is 53.8 Å². The molecule has 7 aromatic rings. The lowest BCUT2D eigenvalue weighted by Crippen LogP contribution is -2.38. The number of aromatic amines is 1. The molecule has 0 bridgehead atoms. The van der Waals surface area contributed by atoms with Crippen molar-refractivity contribution in [3.63, 3.8) is 0 Å². The van der Waals surface area contributed by atoms with Crippen LogP contribution in [0.15, 0.2) is 99.7 Å². The van der Waals surface area contributed by atoms with E-state index >= 15 is 0 Å². The number of nitro benzene ring substituents is 1. The molecule has 28 heteroatoms. The van der Waals surface area contributed by atoms with Crippen molar-refractivity contribution in [2.75, 3.05) is 16.9 Å². The molecule has 1 fully saturated rings. The van der Waals surface area contributed by atoms with Crippen LogP contribution in [0.4, 0.5) is 44.7 Å². The van der Waals surface area contributed by atoms with E-state index in [2.05, 4.69) is 56.5 Å². The molecule has 0 radical (unpaired) electrons. The summed E-state index contributed by atoms with van der Waals surface area (Å²) in [6.07, 6.45) is 10.6. The Labute approximate surface area is 493 Å². The summed E-state index contributed by atoms with van der Waals surface area (Å²) < 4.78 is 116. The molecule has 19 nitrogen and oxygen atoms in total. The number of hydrazine groups is 1. The summed E-state index contributed by atoms with van der Waals surface area (Å²) in [5, 5.41) is 35.7. The normalized spacial score (nSPS) is 13.1. The Bertz CT molecular complexity index is 3620. The molecule has 2 aromatic heterocycles. The minimum atomic E-state index is -3.94. The van der Waals surface area contributed by atoms with E-state index < -0.39 is 84.7 Å². The number of aliphatic imine (C=N–C) groups is 1. The summed E-state index contributed by atoms with van der Waals surface area (Å²) in [4.78, 5) is 39.9. The SMILES string of the molecule is CCCCCCCCCCCCNS(=O)(=O)c1ccc([N+](=O)[O-])c(NC(=O)Cc2ccc(OS(=O)c3ccc(O)cc3)cc2)c1.Cc1[nH]n2c(C(C)C)nnc2c1Cl.Cc1ccc(Cl)c(N=C2CC(=O)N(c3c(F)c(F)c(F)c(F)c3F)N2)c1. The summed E-state index contributed by atoms with van der Waals surface area (Å²) in [5.74, 6) is -10.9. The molecule has 1 unspecified atom stereocenters. The first kappa shape index (κ1) is 65.6. The first-order chi connectivity index (χ1) is 39.9. The minimum absolute atomic E-state index is 0.0355. The Balaban J connectivity index is 0.000000240. The second kappa shape index (κ2) is 30.3. The Hall–Kier alpha value is -7.52. The average molecular weight is 1250 g/mol. The van der Waals surface area contributed by atoms with Gasteiger partial charge in [0.05, 0.1) is 44.0 Å². The third kappa shape index (κ3) is 17.5. The number of carbonyl (C=O) groups excluding carboxylic acids is 2. The Morgan fingerprint density at radius 3 is 2.07 bits per heavy atom. The number of rotatable bonds is 23. The number of hydrogen-bond acceptors (Lipinski definition) is 12. The number of fused-ring (bicyclic) bond motifs is 1. The van der Waals surface area contributed by atoms with Crippen LogP contribution < -0.4 is 24.7 Å². The summed E-state index contributed by atoms with van der Waals surface area (Å²) in [5.41, 5.74) is 3.46. The molecule has 1 atom stereocenters. The number of sulfonamides is 1. The predicted molar refractivity (Wildman–Crippen MR) is 310 cm³/mol. The van der Waals surface area contributed by atoms with E-state index in [0.717, 1.165) is 54.5 Å². The van der Waals surface area contributed by atoms with Crippen LogP contribution >= 0.6 is 23.2 Å². The van der Waals surface area contributed by atoms with Gasteiger partial charge in [0.25, 0.3) is 11.6 Å². The fraction of sp³-hybridized carbons (Fsp3) is 0.339. The maximum Gasteiger partial charge on any atom is 0.292 e. The highest BCUT2D eigenvalue weighted by atomic mass is 35.5. The molecule has 0 aliphatic carbocycles. The van der Waals surface area contributed by atoms with Gasteiger partial charge in [-0.05, 0) is 92.1 Å². The van der Waals surface area contributed by atoms with Gasteiger partial charge in [0.2, 0.25) is 32.8 Å². The van der Waals surface area contributed by atoms with Gasteiger partial charge in [-0.3, -0.25) is 30.2 Å². The molecule has 5 N–H and O–H groups in total. The molecule has 1 aliphatic heterocycles. The van der Waals surface area contributed by atoms with Gasteiger partial charge in [-0.1, -0.05) is 120 Å². The molecule has 450 valence electrons. The smallest absolute Gasteiger partial charge is 0.292 e. The highest BCUT2D eigenvalue weighted by Crippen LogP contribution is 2.33. The number of carbonyl (C=O) groups is 2. The molecule has 1 saturated heterocycles. The summed E-state index contributed by atoms with van der Waals surface area (Å²) in [6, 6.07) is 20.1. The van der Waals surface area contributed by atoms with E-state index in [1.807, 2.05) is 11.4 Å².